The van der Waals surface area contributed by atoms with Gasteiger partial charge in [-0.1, -0.05) is 35.3 Å². The molecule has 0 saturated carbocycles. The Kier molecular flexibility index (Phi) is 4.31. The maximum atomic E-state index is 12.3. The number of alkyl halides is 1. The van der Waals surface area contributed by atoms with Gasteiger partial charge in [0.15, 0.2) is 5.82 Å². The summed E-state index contributed by atoms with van der Waals surface area (Å²) in [5.74, 6) is 0.186. The molecule has 0 fully saturated rings. The fraction of sp³-hybridized carbons (Fsp3) is 0.0909. The molecule has 9 heteroatoms. The van der Waals surface area contributed by atoms with Crippen molar-refractivity contribution in [2.45, 2.75) is 0 Å². The number of rotatable bonds is 4. The van der Waals surface area contributed by atoms with Crippen LogP contribution in [0.2, 0.25) is 10.3 Å². The van der Waals surface area contributed by atoms with Crippen LogP contribution in [0, 0.1) is 10.1 Å². The van der Waals surface area contributed by atoms with Gasteiger partial charge < -0.3 is 4.74 Å². The van der Waals surface area contributed by atoms with Gasteiger partial charge in [-0.15, -0.1) is 0 Å². The van der Waals surface area contributed by atoms with Crippen LogP contribution in [0.5, 0.6) is 5.75 Å². The summed E-state index contributed by atoms with van der Waals surface area (Å²) >= 11 is 11.4. The van der Waals surface area contributed by atoms with E-state index in [1.54, 1.807) is 18.2 Å². The van der Waals surface area contributed by atoms with E-state index >= 15 is 0 Å². The molecule has 0 bridgehead atoms. The fourth-order valence-electron chi connectivity index (χ4n) is 1.51. The average molecular weight is 318 g/mol. The van der Waals surface area contributed by atoms with Crippen LogP contribution in [-0.4, -0.2) is 21.8 Å². The summed E-state index contributed by atoms with van der Waals surface area (Å²) in [7, 11) is 0. The van der Waals surface area contributed by atoms with Crippen molar-refractivity contribution >= 4 is 28.9 Å². The van der Waals surface area contributed by atoms with E-state index in [9.17, 15) is 14.5 Å². The second kappa shape index (κ2) is 5.98. The van der Waals surface area contributed by atoms with Crippen molar-refractivity contribution in [3.8, 4) is 17.1 Å². The lowest BCUT2D eigenvalue weighted by Gasteiger charge is -2.08. The van der Waals surface area contributed by atoms with Gasteiger partial charge in [-0.2, -0.15) is 0 Å². The highest BCUT2D eigenvalue weighted by Crippen LogP contribution is 2.34. The Morgan fingerprint density at radius 3 is 2.40 bits per heavy atom. The average Bonchev–Trinajstić information content (AvgIpc) is 2.38. The minimum absolute atomic E-state index is 0.00894. The van der Waals surface area contributed by atoms with Gasteiger partial charge in [0.25, 0.3) is 0 Å². The molecule has 1 aromatic carbocycles. The Bertz CT molecular complexity index is 646. The molecule has 0 aliphatic carbocycles. The number of hydrogen-bond donors (Lipinski definition) is 0. The maximum absolute atomic E-state index is 12.3. The first-order chi connectivity index (χ1) is 9.54. The Balaban J connectivity index is 2.57. The van der Waals surface area contributed by atoms with Crippen molar-refractivity contribution in [3.63, 3.8) is 0 Å². The minimum atomic E-state index is -1.04. The summed E-state index contributed by atoms with van der Waals surface area (Å²) in [5.41, 5.74) is -0.259. The SMILES string of the molecule is O=[N+]([O-])c1c(Cl)nc(-c2ccccc2OCF)nc1Cl. The zero-order chi connectivity index (χ0) is 14.7. The van der Waals surface area contributed by atoms with Crippen molar-refractivity contribution < 1.29 is 14.1 Å². The van der Waals surface area contributed by atoms with Crippen LogP contribution in [0.15, 0.2) is 24.3 Å². The van der Waals surface area contributed by atoms with Crippen LogP contribution >= 0.6 is 23.2 Å². The Hall–Kier alpha value is -1.99. The van der Waals surface area contributed by atoms with Crippen molar-refractivity contribution in [1.29, 1.82) is 0 Å². The van der Waals surface area contributed by atoms with E-state index in [0.717, 1.165) is 0 Å². The third kappa shape index (κ3) is 2.78. The summed E-state index contributed by atoms with van der Waals surface area (Å²) in [6, 6.07) is 6.33. The van der Waals surface area contributed by atoms with Crippen LogP contribution < -0.4 is 4.74 Å². The van der Waals surface area contributed by atoms with Gasteiger partial charge in [-0.05, 0) is 12.1 Å². The normalized spacial score (nSPS) is 10.3. The third-order valence-electron chi connectivity index (χ3n) is 2.32. The standard InChI is InChI=1S/C11H6Cl2FN3O3/c12-9-8(17(18)19)10(13)16-11(15-9)6-3-1-2-4-7(6)20-5-14/h1-4H,5H2. The summed E-state index contributed by atoms with van der Waals surface area (Å²) < 4.78 is 17.1. The fourth-order valence-corrected chi connectivity index (χ4v) is 2.03. The molecule has 0 N–H and O–H groups in total. The molecule has 2 rings (SSSR count). The maximum Gasteiger partial charge on any atom is 0.343 e. The number of aromatic nitrogens is 2. The lowest BCUT2D eigenvalue weighted by molar-refractivity contribution is -0.385. The van der Waals surface area contributed by atoms with Crippen LogP contribution in [0.1, 0.15) is 0 Å². The number of nitro groups is 1. The van der Waals surface area contributed by atoms with Crippen LogP contribution in [0.4, 0.5) is 10.1 Å². The quantitative estimate of drug-likeness (QED) is 0.488. The highest BCUT2D eigenvalue weighted by Gasteiger charge is 2.23. The minimum Gasteiger partial charge on any atom is -0.462 e. The lowest BCUT2D eigenvalue weighted by Crippen LogP contribution is -2.00. The number of nitrogens with zero attached hydrogens (tertiary/aromatic N) is 3. The molecular formula is C11H6Cl2FN3O3. The second-order valence-corrected chi connectivity index (χ2v) is 4.20. The van der Waals surface area contributed by atoms with Crippen molar-refractivity contribution in [2.75, 3.05) is 6.86 Å². The first-order valence-corrected chi connectivity index (χ1v) is 5.95. The largest absolute Gasteiger partial charge is 0.462 e. The van der Waals surface area contributed by atoms with Gasteiger partial charge in [0.2, 0.25) is 17.2 Å². The van der Waals surface area contributed by atoms with Crippen LogP contribution in [0.25, 0.3) is 11.4 Å². The van der Waals surface area contributed by atoms with Gasteiger partial charge in [0.05, 0.1) is 10.5 Å². The summed E-state index contributed by atoms with van der Waals surface area (Å²) in [6.07, 6.45) is 0. The smallest absolute Gasteiger partial charge is 0.343 e. The number of para-hydroxylation sites is 1. The van der Waals surface area contributed by atoms with E-state index in [1.807, 2.05) is 0 Å². The van der Waals surface area contributed by atoms with E-state index in [1.165, 1.54) is 6.07 Å². The summed E-state index contributed by atoms with van der Waals surface area (Å²) in [5, 5.41) is 9.94. The Morgan fingerprint density at radius 2 is 1.85 bits per heavy atom. The van der Waals surface area contributed by atoms with Gasteiger partial charge >= 0.3 is 5.69 Å². The van der Waals surface area contributed by atoms with Crippen LogP contribution in [-0.2, 0) is 0 Å². The topological polar surface area (TPSA) is 78.2 Å². The van der Waals surface area contributed by atoms with E-state index < -0.39 is 27.8 Å². The van der Waals surface area contributed by atoms with Gasteiger partial charge in [-0.25, -0.2) is 14.4 Å². The highest BCUT2D eigenvalue weighted by atomic mass is 35.5. The highest BCUT2D eigenvalue weighted by molar-refractivity contribution is 6.36. The molecule has 0 radical (unpaired) electrons. The molecule has 1 heterocycles. The molecule has 20 heavy (non-hydrogen) atoms. The molecule has 0 saturated heterocycles. The molecule has 0 aliphatic heterocycles. The lowest BCUT2D eigenvalue weighted by atomic mass is 10.2. The second-order valence-electron chi connectivity index (χ2n) is 3.48. The summed E-state index contributed by atoms with van der Waals surface area (Å²) in [4.78, 5) is 17.6. The van der Waals surface area contributed by atoms with Gasteiger partial charge in [-0.3, -0.25) is 10.1 Å². The molecule has 0 atom stereocenters. The zero-order valence-corrected chi connectivity index (χ0v) is 11.2. The monoisotopic (exact) mass is 317 g/mol. The van der Waals surface area contributed by atoms with Crippen molar-refractivity contribution in [2.24, 2.45) is 0 Å². The van der Waals surface area contributed by atoms with E-state index in [0.29, 0.717) is 5.56 Å². The van der Waals surface area contributed by atoms with E-state index in [2.05, 4.69) is 9.97 Å². The first kappa shape index (κ1) is 14.4. The molecule has 0 unspecified atom stereocenters. The third-order valence-corrected chi connectivity index (χ3v) is 2.85. The molecule has 0 amide bonds. The Labute approximate surface area is 122 Å². The summed E-state index contributed by atoms with van der Waals surface area (Å²) in [6.45, 7) is -1.04. The van der Waals surface area contributed by atoms with Gasteiger partial charge in [0, 0.05) is 0 Å². The number of ether oxygens (including phenoxy) is 1. The molecule has 6 nitrogen and oxygen atoms in total. The van der Waals surface area contributed by atoms with E-state index in [-0.39, 0.29) is 11.6 Å². The van der Waals surface area contributed by atoms with Crippen molar-refractivity contribution in [3.05, 3.63) is 44.7 Å². The molecular weight excluding hydrogens is 312 g/mol. The van der Waals surface area contributed by atoms with Crippen LogP contribution in [0.3, 0.4) is 0 Å². The molecule has 1 aromatic heterocycles. The molecule has 0 spiro atoms. The van der Waals surface area contributed by atoms with E-state index in [4.69, 9.17) is 27.9 Å². The molecule has 104 valence electrons. The number of benzene rings is 1. The molecule has 2 aromatic rings. The van der Waals surface area contributed by atoms with Gasteiger partial charge in [0.1, 0.15) is 5.75 Å². The predicted octanol–water partition coefficient (Wildman–Crippen LogP) is 3.66. The first-order valence-electron chi connectivity index (χ1n) is 5.20. The zero-order valence-electron chi connectivity index (χ0n) is 9.72. The molecule has 0 aliphatic rings. The number of halogens is 3. The number of hydrogen-bond acceptors (Lipinski definition) is 5. The predicted molar refractivity (Wildman–Crippen MR) is 70.7 cm³/mol. The Morgan fingerprint density at radius 1 is 1.25 bits per heavy atom. The van der Waals surface area contributed by atoms with Crippen molar-refractivity contribution in [1.82, 2.24) is 9.97 Å².